The fourth-order valence-corrected chi connectivity index (χ4v) is 3.85. The molecule has 1 heterocycles. The predicted octanol–water partition coefficient (Wildman–Crippen LogP) is 3.99. The lowest BCUT2D eigenvalue weighted by Crippen LogP contribution is -2.59. The number of carbonyl (C=O) groups excluding carboxylic acids is 1. The number of nitrogens with zero attached hydrogens (tertiary/aromatic N) is 2. The molecule has 1 saturated heterocycles. The highest BCUT2D eigenvalue weighted by Crippen LogP contribution is 2.28. The lowest BCUT2D eigenvalue weighted by molar-refractivity contribution is -0.288. The highest BCUT2D eigenvalue weighted by molar-refractivity contribution is 6.01. The van der Waals surface area contributed by atoms with Crippen molar-refractivity contribution in [2.75, 3.05) is 26.6 Å². The van der Waals surface area contributed by atoms with Crippen LogP contribution in [0.15, 0.2) is 58.5 Å². The van der Waals surface area contributed by atoms with E-state index in [4.69, 9.17) is 29.4 Å². The van der Waals surface area contributed by atoms with Gasteiger partial charge in [0.1, 0.15) is 36.2 Å². The molecule has 1 amide bonds. The van der Waals surface area contributed by atoms with Gasteiger partial charge in [0.15, 0.2) is 0 Å². The largest absolute Gasteiger partial charge is 0.573 e. The zero-order valence-electron chi connectivity index (χ0n) is 21.5. The second-order valence-corrected chi connectivity index (χ2v) is 8.22. The van der Waals surface area contributed by atoms with Crippen molar-refractivity contribution in [3.05, 3.63) is 54.1 Å². The molecule has 0 saturated carbocycles. The summed E-state index contributed by atoms with van der Waals surface area (Å²) in [6, 6.07) is 11.3. The Kier molecular flexibility index (Phi) is 10.2. The number of amides is 1. The Labute approximate surface area is 222 Å². The van der Waals surface area contributed by atoms with Crippen LogP contribution in [0.3, 0.4) is 0 Å². The number of carbonyl (C=O) groups is 1. The number of amidine groups is 1. The third-order valence-electron chi connectivity index (χ3n) is 5.67. The number of rotatable bonds is 9. The van der Waals surface area contributed by atoms with Gasteiger partial charge in [0, 0.05) is 32.6 Å². The molecule has 0 aromatic heterocycles. The summed E-state index contributed by atoms with van der Waals surface area (Å²) in [6.07, 6.45) is -7.47. The summed E-state index contributed by atoms with van der Waals surface area (Å²) < 4.78 is 68.1. The Morgan fingerprint density at radius 2 is 1.59 bits per heavy atom. The van der Waals surface area contributed by atoms with Crippen molar-refractivity contribution >= 4 is 29.6 Å². The zero-order valence-corrected chi connectivity index (χ0v) is 21.5. The molecule has 0 spiro atoms. The highest BCUT2D eigenvalue weighted by Gasteiger charge is 2.47. The minimum absolute atomic E-state index is 0.121. The van der Waals surface area contributed by atoms with Crippen LogP contribution in [0.4, 0.5) is 29.3 Å². The molecule has 3 unspecified atom stereocenters. The molecule has 0 bridgehead atoms. The van der Waals surface area contributed by atoms with Gasteiger partial charge in [-0.25, -0.2) is 14.8 Å². The third kappa shape index (κ3) is 8.38. The number of halogens is 3. The van der Waals surface area contributed by atoms with Gasteiger partial charge in [0.25, 0.3) is 0 Å². The first-order chi connectivity index (χ1) is 18.5. The summed E-state index contributed by atoms with van der Waals surface area (Å²) in [5, 5.41) is 2.60. The molecule has 0 aliphatic carbocycles. The second kappa shape index (κ2) is 13.4. The number of benzene rings is 2. The maximum absolute atomic E-state index is 12.5. The number of alkyl halides is 3. The van der Waals surface area contributed by atoms with Crippen molar-refractivity contribution in [3.8, 4) is 5.75 Å². The van der Waals surface area contributed by atoms with E-state index in [1.807, 2.05) is 0 Å². The number of hydrogen-bond acceptors (Lipinski definition) is 8. The van der Waals surface area contributed by atoms with Gasteiger partial charge < -0.3 is 34.2 Å². The van der Waals surface area contributed by atoms with Crippen molar-refractivity contribution < 1.29 is 46.4 Å². The molecule has 1 aliphatic heterocycles. The predicted molar refractivity (Wildman–Crippen MR) is 135 cm³/mol. The Morgan fingerprint density at radius 1 is 0.974 bits per heavy atom. The van der Waals surface area contributed by atoms with Crippen LogP contribution in [-0.2, 0) is 23.7 Å². The van der Waals surface area contributed by atoms with Crippen LogP contribution in [0.5, 0.6) is 5.75 Å². The molecule has 1 aliphatic rings. The summed E-state index contributed by atoms with van der Waals surface area (Å²) in [4.78, 5) is 20.5. The van der Waals surface area contributed by atoms with Gasteiger partial charge in [0.05, 0.1) is 11.8 Å². The molecule has 3 N–H and O–H groups in total. The Hall–Kier alpha value is -3.72. The maximum Gasteiger partial charge on any atom is 0.573 e. The van der Waals surface area contributed by atoms with Gasteiger partial charge in [-0.05, 0) is 55.5 Å². The standard InChI is InChI=1S/C25H29F3N4O7/c1-14-19(34-2)20(35-3)21(36-4)23(37-14)38-24(33)32-17-7-5-15(6-8-17)22(29)31-13-30-16-9-11-18(12-10-16)39-25(26,27)28/h5-14,19-21,23H,1-4H3,(H,32,33)(H2,29,30,31)/t14-,19?,20?,21+,23?/m0/s1. The van der Waals surface area contributed by atoms with Crippen LogP contribution in [0.25, 0.3) is 0 Å². The average Bonchev–Trinajstić information content (AvgIpc) is 2.88. The van der Waals surface area contributed by atoms with E-state index in [-0.39, 0.29) is 11.6 Å². The number of methoxy groups -OCH3 is 3. The SMILES string of the molecule is COC1C(OC)[C@H](C)OC(OC(=O)Nc2ccc(C(N)=NC=Nc3ccc(OC(F)(F)F)cc3)cc2)[C@@H]1OC. The number of anilines is 1. The van der Waals surface area contributed by atoms with E-state index in [9.17, 15) is 18.0 Å². The van der Waals surface area contributed by atoms with Gasteiger partial charge in [-0.15, -0.1) is 13.2 Å². The number of hydrogen-bond donors (Lipinski definition) is 2. The Bertz CT molecular complexity index is 1140. The van der Waals surface area contributed by atoms with Gasteiger partial charge in [-0.1, -0.05) is 0 Å². The van der Waals surface area contributed by atoms with E-state index in [1.54, 1.807) is 31.2 Å². The summed E-state index contributed by atoms with van der Waals surface area (Å²) in [5.74, 6) is -0.240. The lowest BCUT2D eigenvalue weighted by atomic mass is 9.99. The quantitative estimate of drug-likeness (QED) is 0.351. The molecule has 1 fully saturated rings. The van der Waals surface area contributed by atoms with E-state index < -0.39 is 43.2 Å². The summed E-state index contributed by atoms with van der Waals surface area (Å²) in [7, 11) is 4.49. The fourth-order valence-electron chi connectivity index (χ4n) is 3.85. The van der Waals surface area contributed by atoms with E-state index in [2.05, 4.69) is 20.0 Å². The lowest BCUT2D eigenvalue weighted by Gasteiger charge is -2.43. The monoisotopic (exact) mass is 554 g/mol. The molecular formula is C25H29F3N4O7. The van der Waals surface area contributed by atoms with Crippen LogP contribution < -0.4 is 15.8 Å². The van der Waals surface area contributed by atoms with Gasteiger partial charge in [-0.2, -0.15) is 0 Å². The molecule has 11 nitrogen and oxygen atoms in total. The highest BCUT2D eigenvalue weighted by atomic mass is 19.4. The van der Waals surface area contributed by atoms with E-state index in [1.165, 1.54) is 33.5 Å². The minimum Gasteiger partial charge on any atom is -0.416 e. The first-order valence-corrected chi connectivity index (χ1v) is 11.6. The normalized spacial score (nSPS) is 24.0. The molecule has 3 rings (SSSR count). The number of aliphatic imine (C=N–C) groups is 2. The van der Waals surface area contributed by atoms with Crippen LogP contribution >= 0.6 is 0 Å². The van der Waals surface area contributed by atoms with Crippen molar-refractivity contribution in [2.45, 2.75) is 44.0 Å². The molecule has 39 heavy (non-hydrogen) atoms. The van der Waals surface area contributed by atoms with Crippen molar-refractivity contribution in [1.82, 2.24) is 0 Å². The first-order valence-electron chi connectivity index (χ1n) is 11.6. The molecule has 2 aromatic rings. The molecular weight excluding hydrogens is 525 g/mol. The number of nitrogens with one attached hydrogen (secondary N) is 1. The summed E-state index contributed by atoms with van der Waals surface area (Å²) in [5.41, 5.74) is 7.27. The van der Waals surface area contributed by atoms with Crippen molar-refractivity contribution in [1.29, 1.82) is 0 Å². The fraction of sp³-hybridized carbons (Fsp3) is 0.400. The third-order valence-corrected chi connectivity index (χ3v) is 5.67. The van der Waals surface area contributed by atoms with Crippen LogP contribution in [0.1, 0.15) is 12.5 Å². The molecule has 2 aromatic carbocycles. The smallest absolute Gasteiger partial charge is 0.416 e. The molecule has 5 atom stereocenters. The molecule has 0 radical (unpaired) electrons. The Balaban J connectivity index is 1.56. The van der Waals surface area contributed by atoms with Crippen LogP contribution in [0, 0.1) is 0 Å². The van der Waals surface area contributed by atoms with Gasteiger partial charge in [-0.3, -0.25) is 5.32 Å². The Morgan fingerprint density at radius 3 is 2.15 bits per heavy atom. The summed E-state index contributed by atoms with van der Waals surface area (Å²) in [6.45, 7) is 1.78. The molecule has 212 valence electrons. The zero-order chi connectivity index (χ0) is 28.6. The van der Waals surface area contributed by atoms with Crippen LogP contribution in [0.2, 0.25) is 0 Å². The average molecular weight is 555 g/mol. The van der Waals surface area contributed by atoms with Crippen LogP contribution in [-0.4, -0.2) is 76.7 Å². The number of nitrogens with two attached hydrogens (primary N) is 1. The first kappa shape index (κ1) is 29.8. The van der Waals surface area contributed by atoms with E-state index >= 15 is 0 Å². The van der Waals surface area contributed by atoms with Gasteiger partial charge in [0.2, 0.25) is 6.29 Å². The van der Waals surface area contributed by atoms with E-state index in [0.717, 1.165) is 18.5 Å². The van der Waals surface area contributed by atoms with Crippen molar-refractivity contribution in [3.63, 3.8) is 0 Å². The van der Waals surface area contributed by atoms with E-state index in [0.29, 0.717) is 16.9 Å². The maximum atomic E-state index is 12.5. The van der Waals surface area contributed by atoms with Gasteiger partial charge >= 0.3 is 12.5 Å². The summed E-state index contributed by atoms with van der Waals surface area (Å²) >= 11 is 0. The molecule has 14 heteroatoms. The minimum atomic E-state index is -4.77. The number of ether oxygens (including phenoxy) is 6. The van der Waals surface area contributed by atoms with Crippen molar-refractivity contribution in [2.24, 2.45) is 15.7 Å². The second-order valence-electron chi connectivity index (χ2n) is 8.22. The topological polar surface area (TPSA) is 135 Å².